The number of halogens is 3. The van der Waals surface area contributed by atoms with E-state index >= 15 is 0 Å². The monoisotopic (exact) mass is 367 g/mol. The summed E-state index contributed by atoms with van der Waals surface area (Å²) in [4.78, 5) is 14.3. The van der Waals surface area contributed by atoms with Crippen LogP contribution in [-0.4, -0.2) is 18.6 Å². The molecule has 1 aliphatic heterocycles. The highest BCUT2D eigenvalue weighted by atomic mass is 35.5. The van der Waals surface area contributed by atoms with Crippen molar-refractivity contribution in [2.75, 3.05) is 11.5 Å². The average Bonchev–Trinajstić information content (AvgIpc) is 2.54. The predicted molar refractivity (Wildman–Crippen MR) is 93.6 cm³/mol. The van der Waals surface area contributed by atoms with Gasteiger partial charge in [-0.05, 0) is 61.7 Å². The van der Waals surface area contributed by atoms with Gasteiger partial charge in [0.2, 0.25) is 0 Å². The zero-order valence-electron chi connectivity index (χ0n) is 13.1. The zero-order chi connectivity index (χ0) is 17.3. The van der Waals surface area contributed by atoms with Gasteiger partial charge in [0, 0.05) is 16.8 Å². The molecule has 0 unspecified atom stereocenters. The maximum atomic E-state index is 13.4. The lowest BCUT2D eigenvalue weighted by Gasteiger charge is -2.35. The fraction of sp³-hybridized carbons (Fsp3) is 0.278. The second-order valence-corrected chi connectivity index (χ2v) is 6.63. The molecule has 6 heteroatoms. The molecule has 1 amide bonds. The second kappa shape index (κ2) is 6.99. The van der Waals surface area contributed by atoms with Crippen LogP contribution in [0.25, 0.3) is 0 Å². The first-order valence-corrected chi connectivity index (χ1v) is 8.39. The second-order valence-electron chi connectivity index (χ2n) is 5.79. The van der Waals surface area contributed by atoms with E-state index in [4.69, 9.17) is 27.9 Å². The van der Waals surface area contributed by atoms with Crippen LogP contribution >= 0.6 is 23.2 Å². The smallest absolute Gasteiger partial charge is 0.265 e. The summed E-state index contributed by atoms with van der Waals surface area (Å²) in [6.07, 6.45) is 1.53. The van der Waals surface area contributed by atoms with Crippen molar-refractivity contribution in [3.8, 4) is 5.75 Å². The van der Waals surface area contributed by atoms with Crippen LogP contribution < -0.4 is 9.64 Å². The molecule has 3 rings (SSSR count). The standard InChI is InChI=1S/C18H16Cl2FNO2/c1-11-2-3-12-8-14(21)5-6-16(12)22(11)18(23)10-24-17-7-4-13(19)9-15(17)20/h4-9,11H,2-3,10H2,1H3/t11-/m1/s1. The third-order valence-electron chi connectivity index (χ3n) is 4.09. The Kier molecular flexibility index (Phi) is 4.97. The highest BCUT2D eigenvalue weighted by Gasteiger charge is 2.28. The van der Waals surface area contributed by atoms with Crippen LogP contribution in [0.15, 0.2) is 36.4 Å². The maximum Gasteiger partial charge on any atom is 0.265 e. The van der Waals surface area contributed by atoms with Crippen LogP contribution in [0.3, 0.4) is 0 Å². The third-order valence-corrected chi connectivity index (χ3v) is 4.62. The lowest BCUT2D eigenvalue weighted by Crippen LogP contribution is -2.44. The number of anilines is 1. The summed E-state index contributed by atoms with van der Waals surface area (Å²) in [5.74, 6) is -0.0839. The van der Waals surface area contributed by atoms with Gasteiger partial charge in [0.15, 0.2) is 6.61 Å². The van der Waals surface area contributed by atoms with Gasteiger partial charge in [0.1, 0.15) is 11.6 Å². The van der Waals surface area contributed by atoms with Crippen molar-refractivity contribution < 1.29 is 13.9 Å². The van der Waals surface area contributed by atoms with E-state index in [2.05, 4.69) is 0 Å². The Morgan fingerprint density at radius 3 is 2.83 bits per heavy atom. The van der Waals surface area contributed by atoms with Crippen molar-refractivity contribution in [3.63, 3.8) is 0 Å². The van der Waals surface area contributed by atoms with Gasteiger partial charge in [-0.2, -0.15) is 0 Å². The number of benzene rings is 2. The predicted octanol–water partition coefficient (Wildman–Crippen LogP) is 4.88. The molecular formula is C18H16Cl2FNO2. The Bertz CT molecular complexity index is 782. The Hall–Kier alpha value is -1.78. The minimum atomic E-state index is -0.292. The number of hydrogen-bond acceptors (Lipinski definition) is 2. The van der Waals surface area contributed by atoms with Crippen LogP contribution in [0.4, 0.5) is 10.1 Å². The van der Waals surface area contributed by atoms with E-state index in [1.54, 1.807) is 29.2 Å². The first-order chi connectivity index (χ1) is 11.5. The molecule has 1 aliphatic rings. The fourth-order valence-corrected chi connectivity index (χ4v) is 3.36. The SMILES string of the molecule is C[C@@H]1CCc2cc(F)ccc2N1C(=O)COc1ccc(Cl)cc1Cl. The van der Waals surface area contributed by atoms with Crippen LogP contribution in [0, 0.1) is 5.82 Å². The summed E-state index contributed by atoms with van der Waals surface area (Å²) >= 11 is 11.9. The molecule has 0 N–H and O–H groups in total. The van der Waals surface area contributed by atoms with E-state index in [0.29, 0.717) is 15.8 Å². The van der Waals surface area contributed by atoms with Gasteiger partial charge in [-0.3, -0.25) is 4.79 Å². The number of ether oxygens (including phenoxy) is 1. The molecule has 2 aromatic rings. The third kappa shape index (κ3) is 3.50. The molecule has 0 aliphatic carbocycles. The Morgan fingerprint density at radius 1 is 1.29 bits per heavy atom. The molecule has 2 aromatic carbocycles. The van der Waals surface area contributed by atoms with Crippen molar-refractivity contribution >= 4 is 34.8 Å². The molecule has 1 heterocycles. The van der Waals surface area contributed by atoms with E-state index in [1.165, 1.54) is 12.1 Å². The number of carbonyl (C=O) groups is 1. The van der Waals surface area contributed by atoms with Crippen LogP contribution in [0.1, 0.15) is 18.9 Å². The van der Waals surface area contributed by atoms with E-state index in [-0.39, 0.29) is 24.4 Å². The topological polar surface area (TPSA) is 29.5 Å². The molecule has 0 fully saturated rings. The lowest BCUT2D eigenvalue weighted by atomic mass is 9.96. The Morgan fingerprint density at radius 2 is 2.08 bits per heavy atom. The molecule has 0 saturated heterocycles. The average molecular weight is 368 g/mol. The number of hydrogen-bond donors (Lipinski definition) is 0. The number of carbonyl (C=O) groups excluding carboxylic acids is 1. The van der Waals surface area contributed by atoms with Gasteiger partial charge in [-0.1, -0.05) is 23.2 Å². The number of amides is 1. The highest BCUT2D eigenvalue weighted by molar-refractivity contribution is 6.35. The van der Waals surface area contributed by atoms with E-state index in [9.17, 15) is 9.18 Å². The minimum Gasteiger partial charge on any atom is -0.482 e. The summed E-state index contributed by atoms with van der Waals surface area (Å²) in [5.41, 5.74) is 1.58. The summed E-state index contributed by atoms with van der Waals surface area (Å²) in [6.45, 7) is 1.82. The van der Waals surface area contributed by atoms with Crippen LogP contribution in [-0.2, 0) is 11.2 Å². The summed E-state index contributed by atoms with van der Waals surface area (Å²) in [6, 6.07) is 9.36. The van der Waals surface area contributed by atoms with E-state index in [1.807, 2.05) is 6.92 Å². The van der Waals surface area contributed by atoms with Gasteiger partial charge < -0.3 is 9.64 Å². The maximum absolute atomic E-state index is 13.4. The molecule has 0 spiro atoms. The van der Waals surface area contributed by atoms with Gasteiger partial charge in [-0.25, -0.2) is 4.39 Å². The summed E-state index contributed by atoms with van der Waals surface area (Å²) in [7, 11) is 0. The quantitative estimate of drug-likeness (QED) is 0.773. The molecule has 1 atom stereocenters. The first-order valence-electron chi connectivity index (χ1n) is 7.64. The molecule has 0 saturated carbocycles. The molecule has 0 radical (unpaired) electrons. The van der Waals surface area contributed by atoms with Crippen LogP contribution in [0.5, 0.6) is 5.75 Å². The van der Waals surface area contributed by atoms with Crippen molar-refractivity contribution in [1.29, 1.82) is 0 Å². The molecular weight excluding hydrogens is 352 g/mol. The molecule has 0 bridgehead atoms. The van der Waals surface area contributed by atoms with Crippen molar-refractivity contribution in [2.45, 2.75) is 25.8 Å². The molecule has 3 nitrogen and oxygen atoms in total. The van der Waals surface area contributed by atoms with Crippen molar-refractivity contribution in [2.24, 2.45) is 0 Å². The Labute approximate surface area is 149 Å². The normalized spacial score (nSPS) is 16.7. The minimum absolute atomic E-state index is 0.0275. The number of fused-ring (bicyclic) bond motifs is 1. The Balaban J connectivity index is 1.77. The van der Waals surface area contributed by atoms with Gasteiger partial charge in [0.05, 0.1) is 5.02 Å². The number of rotatable bonds is 3. The molecule has 0 aromatic heterocycles. The summed E-state index contributed by atoms with van der Waals surface area (Å²) < 4.78 is 19.0. The van der Waals surface area contributed by atoms with Gasteiger partial charge in [0.25, 0.3) is 5.91 Å². The van der Waals surface area contributed by atoms with E-state index in [0.717, 1.165) is 24.1 Å². The largest absolute Gasteiger partial charge is 0.482 e. The number of nitrogens with zero attached hydrogens (tertiary/aromatic N) is 1. The zero-order valence-corrected chi connectivity index (χ0v) is 14.6. The number of aryl methyl sites for hydroxylation is 1. The van der Waals surface area contributed by atoms with Crippen LogP contribution in [0.2, 0.25) is 10.0 Å². The fourth-order valence-electron chi connectivity index (χ4n) is 2.90. The van der Waals surface area contributed by atoms with Crippen molar-refractivity contribution in [1.82, 2.24) is 0 Å². The summed E-state index contributed by atoms with van der Waals surface area (Å²) in [5, 5.41) is 0.851. The van der Waals surface area contributed by atoms with Crippen molar-refractivity contribution in [3.05, 3.63) is 57.8 Å². The van der Waals surface area contributed by atoms with E-state index < -0.39 is 0 Å². The first kappa shape index (κ1) is 17.1. The highest BCUT2D eigenvalue weighted by Crippen LogP contribution is 2.32. The molecule has 126 valence electrons. The molecule has 24 heavy (non-hydrogen) atoms. The van der Waals surface area contributed by atoms with Gasteiger partial charge >= 0.3 is 0 Å². The van der Waals surface area contributed by atoms with Gasteiger partial charge in [-0.15, -0.1) is 0 Å². The lowest BCUT2D eigenvalue weighted by molar-refractivity contribution is -0.121.